The Morgan fingerprint density at radius 2 is 1.56 bits per heavy atom. The van der Waals surface area contributed by atoms with Crippen LogP contribution in [-0.4, -0.2) is 0 Å². The van der Waals surface area contributed by atoms with Crippen molar-refractivity contribution >= 4 is 43.5 Å². The molecule has 0 amide bonds. The van der Waals surface area contributed by atoms with Crippen molar-refractivity contribution in [2.75, 3.05) is 0 Å². The third kappa shape index (κ3) is 2.90. The smallest absolute Gasteiger partial charge is 0.0999 e. The maximum absolute atomic E-state index is 9.33. The van der Waals surface area contributed by atoms with E-state index >= 15 is 0 Å². The average molecular weight is 363 g/mol. The van der Waals surface area contributed by atoms with E-state index in [-0.39, 0.29) is 0 Å². The number of nitriles is 1. The standard InChI is InChI=1S/C15H9Br2N/c16-13-7-4-8-14(17)15(13)12(10-18)9-11-5-2-1-3-6-11/h1-9H. The van der Waals surface area contributed by atoms with Gasteiger partial charge in [-0.25, -0.2) is 0 Å². The van der Waals surface area contributed by atoms with Crippen molar-refractivity contribution in [2.45, 2.75) is 0 Å². The van der Waals surface area contributed by atoms with Crippen molar-refractivity contribution in [3.05, 3.63) is 68.6 Å². The molecule has 0 aliphatic rings. The highest BCUT2D eigenvalue weighted by Gasteiger charge is 2.09. The van der Waals surface area contributed by atoms with E-state index in [9.17, 15) is 5.26 Å². The third-order valence-electron chi connectivity index (χ3n) is 2.46. The van der Waals surface area contributed by atoms with E-state index in [0.717, 1.165) is 20.1 Å². The van der Waals surface area contributed by atoms with Gasteiger partial charge in [0.1, 0.15) is 0 Å². The van der Waals surface area contributed by atoms with E-state index in [1.807, 2.05) is 54.6 Å². The van der Waals surface area contributed by atoms with E-state index in [1.165, 1.54) is 0 Å². The minimum Gasteiger partial charge on any atom is -0.192 e. The molecule has 1 nitrogen and oxygen atoms in total. The van der Waals surface area contributed by atoms with E-state index in [0.29, 0.717) is 5.57 Å². The predicted molar refractivity (Wildman–Crippen MR) is 81.8 cm³/mol. The van der Waals surface area contributed by atoms with E-state index in [4.69, 9.17) is 0 Å². The van der Waals surface area contributed by atoms with Crippen LogP contribution in [0, 0.1) is 11.3 Å². The summed E-state index contributed by atoms with van der Waals surface area (Å²) in [6, 6.07) is 17.8. The summed E-state index contributed by atoms with van der Waals surface area (Å²) in [6.45, 7) is 0. The SMILES string of the molecule is N#CC(=Cc1ccccc1)c1c(Br)cccc1Br. The van der Waals surface area contributed by atoms with Gasteiger partial charge in [-0.3, -0.25) is 0 Å². The molecule has 18 heavy (non-hydrogen) atoms. The van der Waals surface area contributed by atoms with E-state index in [1.54, 1.807) is 0 Å². The molecule has 0 heterocycles. The van der Waals surface area contributed by atoms with Crippen LogP contribution in [-0.2, 0) is 0 Å². The van der Waals surface area contributed by atoms with Gasteiger partial charge in [-0.15, -0.1) is 0 Å². The number of halogens is 2. The van der Waals surface area contributed by atoms with Crippen LogP contribution in [0.5, 0.6) is 0 Å². The Morgan fingerprint density at radius 1 is 0.944 bits per heavy atom. The number of hydrogen-bond acceptors (Lipinski definition) is 1. The fourth-order valence-corrected chi connectivity index (χ4v) is 3.06. The van der Waals surface area contributed by atoms with Crippen LogP contribution in [0.15, 0.2) is 57.5 Å². The zero-order valence-corrected chi connectivity index (χ0v) is 12.6. The highest BCUT2D eigenvalue weighted by atomic mass is 79.9. The van der Waals surface area contributed by atoms with Gasteiger partial charge in [0.25, 0.3) is 0 Å². The molecule has 88 valence electrons. The fourth-order valence-electron chi connectivity index (χ4n) is 1.63. The Kier molecular flexibility index (Phi) is 4.35. The van der Waals surface area contributed by atoms with Crippen molar-refractivity contribution in [1.82, 2.24) is 0 Å². The summed E-state index contributed by atoms with van der Waals surface area (Å²) in [7, 11) is 0. The predicted octanol–water partition coefficient (Wildman–Crippen LogP) is 5.28. The molecule has 3 heteroatoms. The van der Waals surface area contributed by atoms with Crippen molar-refractivity contribution < 1.29 is 0 Å². The quantitative estimate of drug-likeness (QED) is 0.527. The molecular weight excluding hydrogens is 354 g/mol. The molecule has 0 bridgehead atoms. The van der Waals surface area contributed by atoms with E-state index in [2.05, 4.69) is 37.9 Å². The summed E-state index contributed by atoms with van der Waals surface area (Å²) in [4.78, 5) is 0. The summed E-state index contributed by atoms with van der Waals surface area (Å²) in [5.41, 5.74) is 2.51. The van der Waals surface area contributed by atoms with Crippen LogP contribution in [0.25, 0.3) is 11.6 Å². The van der Waals surface area contributed by atoms with Gasteiger partial charge in [0, 0.05) is 14.5 Å². The second-order valence-electron chi connectivity index (χ2n) is 3.68. The maximum Gasteiger partial charge on any atom is 0.0999 e. The molecule has 2 aromatic rings. The highest BCUT2D eigenvalue weighted by molar-refractivity contribution is 9.11. The molecule has 0 saturated carbocycles. The molecule has 0 spiro atoms. The van der Waals surface area contributed by atoms with Gasteiger partial charge in [-0.2, -0.15) is 5.26 Å². The van der Waals surface area contributed by atoms with Crippen molar-refractivity contribution in [2.24, 2.45) is 0 Å². The first-order chi connectivity index (χ1) is 8.72. The van der Waals surface area contributed by atoms with Crippen molar-refractivity contribution in [1.29, 1.82) is 5.26 Å². The van der Waals surface area contributed by atoms with E-state index < -0.39 is 0 Å². The van der Waals surface area contributed by atoms with Gasteiger partial charge in [0.2, 0.25) is 0 Å². The number of allylic oxidation sites excluding steroid dienone is 1. The zero-order chi connectivity index (χ0) is 13.0. The molecule has 0 aliphatic heterocycles. The summed E-state index contributed by atoms with van der Waals surface area (Å²) in [5.74, 6) is 0. The first kappa shape index (κ1) is 13.1. The van der Waals surface area contributed by atoms with Crippen LogP contribution in [0.1, 0.15) is 11.1 Å². The third-order valence-corrected chi connectivity index (χ3v) is 3.78. The molecule has 0 aromatic heterocycles. The molecule has 0 aliphatic carbocycles. The minimum absolute atomic E-state index is 0.626. The number of nitrogens with zero attached hydrogens (tertiary/aromatic N) is 1. The number of rotatable bonds is 2. The normalized spacial score (nSPS) is 11.1. The second-order valence-corrected chi connectivity index (χ2v) is 5.39. The topological polar surface area (TPSA) is 23.8 Å². The average Bonchev–Trinajstić information content (AvgIpc) is 2.38. The fraction of sp³-hybridized carbons (Fsp3) is 0. The summed E-state index contributed by atoms with van der Waals surface area (Å²) < 4.78 is 1.81. The van der Waals surface area contributed by atoms with Gasteiger partial charge >= 0.3 is 0 Å². The van der Waals surface area contributed by atoms with Crippen molar-refractivity contribution in [3.8, 4) is 6.07 Å². The monoisotopic (exact) mass is 361 g/mol. The number of benzene rings is 2. The van der Waals surface area contributed by atoms with Crippen LogP contribution in [0.2, 0.25) is 0 Å². The van der Waals surface area contributed by atoms with Gasteiger partial charge < -0.3 is 0 Å². The van der Waals surface area contributed by atoms with Crippen LogP contribution < -0.4 is 0 Å². The Labute approximate surface area is 123 Å². The van der Waals surface area contributed by atoms with Crippen LogP contribution in [0.4, 0.5) is 0 Å². The lowest BCUT2D eigenvalue weighted by Crippen LogP contribution is -1.86. The molecule has 0 unspecified atom stereocenters. The van der Waals surface area contributed by atoms with Crippen LogP contribution in [0.3, 0.4) is 0 Å². The lowest BCUT2D eigenvalue weighted by molar-refractivity contribution is 1.49. The Hall–Kier alpha value is -1.37. The minimum atomic E-state index is 0.626. The van der Waals surface area contributed by atoms with Crippen LogP contribution >= 0.6 is 31.9 Å². The summed E-state index contributed by atoms with van der Waals surface area (Å²) in [5, 5.41) is 9.33. The molecule has 2 rings (SSSR count). The Balaban J connectivity index is 2.54. The molecular formula is C15H9Br2N. The highest BCUT2D eigenvalue weighted by Crippen LogP contribution is 2.32. The second kappa shape index (κ2) is 5.99. The molecule has 0 saturated heterocycles. The molecule has 0 radical (unpaired) electrons. The first-order valence-electron chi connectivity index (χ1n) is 5.33. The Morgan fingerprint density at radius 3 is 2.11 bits per heavy atom. The molecule has 2 aromatic carbocycles. The summed E-state index contributed by atoms with van der Waals surface area (Å²) in [6.07, 6.45) is 1.88. The van der Waals surface area contributed by atoms with Gasteiger partial charge in [0.05, 0.1) is 11.6 Å². The summed E-state index contributed by atoms with van der Waals surface area (Å²) >= 11 is 6.96. The molecule has 0 atom stereocenters. The zero-order valence-electron chi connectivity index (χ0n) is 9.40. The van der Waals surface area contributed by atoms with Gasteiger partial charge in [0.15, 0.2) is 0 Å². The maximum atomic E-state index is 9.33. The lowest BCUT2D eigenvalue weighted by Gasteiger charge is -2.05. The van der Waals surface area contributed by atoms with Gasteiger partial charge in [-0.1, -0.05) is 68.3 Å². The van der Waals surface area contributed by atoms with Crippen molar-refractivity contribution in [3.63, 3.8) is 0 Å². The number of hydrogen-bond donors (Lipinski definition) is 0. The van der Waals surface area contributed by atoms with Gasteiger partial charge in [-0.05, 0) is 23.8 Å². The molecule has 0 N–H and O–H groups in total. The largest absolute Gasteiger partial charge is 0.192 e. The molecule has 0 fully saturated rings. The Bertz CT molecular complexity index is 604. The lowest BCUT2D eigenvalue weighted by atomic mass is 10.0. The first-order valence-corrected chi connectivity index (χ1v) is 6.92.